The van der Waals surface area contributed by atoms with E-state index in [1.165, 1.54) is 35.2 Å². The Morgan fingerprint density at radius 2 is 2.00 bits per heavy atom. The third kappa shape index (κ3) is 6.07. The van der Waals surface area contributed by atoms with Crippen molar-refractivity contribution < 1.29 is 23.5 Å². The second-order valence-corrected chi connectivity index (χ2v) is 4.11. The molecule has 0 saturated heterocycles. The average Bonchev–Trinajstić information content (AvgIpc) is 2.46. The number of ether oxygens (including phenoxy) is 2. The van der Waals surface area contributed by atoms with Gasteiger partial charge in [0.1, 0.15) is 18.1 Å². The molecule has 0 aliphatic carbocycles. The van der Waals surface area contributed by atoms with Crippen LogP contribution in [-0.4, -0.2) is 43.1 Å². The number of amides is 1. The molecule has 0 radical (unpaired) electrons. The first kappa shape index (κ1) is 16.7. The number of rotatable bonds is 8. The van der Waals surface area contributed by atoms with Crippen LogP contribution in [0.15, 0.2) is 36.9 Å². The topological polar surface area (TPSA) is 55.8 Å². The maximum atomic E-state index is 12.7. The Balaban J connectivity index is 2.53. The molecule has 0 aliphatic rings. The number of benzene rings is 1. The molecule has 0 unspecified atom stereocenters. The molecule has 5 nitrogen and oxygen atoms in total. The van der Waals surface area contributed by atoms with E-state index in [1.807, 2.05) is 0 Å². The first-order chi connectivity index (χ1) is 10.1. The minimum Gasteiger partial charge on any atom is -0.484 e. The molecular formula is C15H18FNO4. The SMILES string of the molecule is C=CCN(CC(=O)OCC)C(=O)COc1ccc(F)cc1. The van der Waals surface area contributed by atoms with Crippen molar-refractivity contribution in [1.82, 2.24) is 4.90 Å². The van der Waals surface area contributed by atoms with E-state index < -0.39 is 5.97 Å². The molecule has 0 heterocycles. The number of halogens is 1. The molecule has 0 aliphatic heterocycles. The number of esters is 1. The summed E-state index contributed by atoms with van der Waals surface area (Å²) in [5.74, 6) is -0.884. The number of nitrogens with zero attached hydrogens (tertiary/aromatic N) is 1. The van der Waals surface area contributed by atoms with Crippen LogP contribution in [0.1, 0.15) is 6.92 Å². The van der Waals surface area contributed by atoms with Gasteiger partial charge < -0.3 is 14.4 Å². The van der Waals surface area contributed by atoms with Gasteiger partial charge in [-0.25, -0.2) is 4.39 Å². The summed E-state index contributed by atoms with van der Waals surface area (Å²) in [6.07, 6.45) is 1.51. The monoisotopic (exact) mass is 295 g/mol. The summed E-state index contributed by atoms with van der Waals surface area (Å²) < 4.78 is 22.8. The lowest BCUT2D eigenvalue weighted by atomic mass is 10.3. The fraction of sp³-hybridized carbons (Fsp3) is 0.333. The van der Waals surface area contributed by atoms with E-state index in [-0.39, 0.29) is 38.0 Å². The first-order valence-electron chi connectivity index (χ1n) is 6.49. The molecule has 0 aromatic heterocycles. The van der Waals surface area contributed by atoms with Crippen LogP contribution in [0.3, 0.4) is 0 Å². The second kappa shape index (κ2) is 8.73. The van der Waals surface area contributed by atoms with Gasteiger partial charge in [0, 0.05) is 6.54 Å². The largest absolute Gasteiger partial charge is 0.484 e. The predicted molar refractivity (Wildman–Crippen MR) is 75.3 cm³/mol. The maximum Gasteiger partial charge on any atom is 0.325 e. The molecule has 0 atom stereocenters. The minimum absolute atomic E-state index is 0.161. The standard InChI is InChI=1S/C15H18FNO4/c1-3-9-17(10-15(19)20-4-2)14(18)11-21-13-7-5-12(16)6-8-13/h3,5-8H,1,4,9-11H2,2H3. The summed E-state index contributed by atoms with van der Waals surface area (Å²) in [6, 6.07) is 5.32. The van der Waals surface area contributed by atoms with Crippen molar-refractivity contribution in [1.29, 1.82) is 0 Å². The number of carbonyl (C=O) groups is 2. The summed E-state index contributed by atoms with van der Waals surface area (Å²) in [4.78, 5) is 24.7. The van der Waals surface area contributed by atoms with Crippen LogP contribution in [0.5, 0.6) is 5.75 Å². The summed E-state index contributed by atoms with van der Waals surface area (Å²) >= 11 is 0. The average molecular weight is 295 g/mol. The molecule has 114 valence electrons. The highest BCUT2D eigenvalue weighted by atomic mass is 19.1. The van der Waals surface area contributed by atoms with Gasteiger partial charge in [-0.3, -0.25) is 9.59 Å². The van der Waals surface area contributed by atoms with Gasteiger partial charge >= 0.3 is 5.97 Å². The smallest absolute Gasteiger partial charge is 0.325 e. The normalized spacial score (nSPS) is 9.81. The highest BCUT2D eigenvalue weighted by Gasteiger charge is 2.17. The van der Waals surface area contributed by atoms with Crippen LogP contribution < -0.4 is 4.74 Å². The quantitative estimate of drug-likeness (QED) is 0.542. The van der Waals surface area contributed by atoms with Gasteiger partial charge in [0.25, 0.3) is 5.91 Å². The fourth-order valence-electron chi connectivity index (χ4n) is 1.54. The summed E-state index contributed by atoms with van der Waals surface area (Å²) in [5, 5.41) is 0. The van der Waals surface area contributed by atoms with Crippen molar-refractivity contribution >= 4 is 11.9 Å². The van der Waals surface area contributed by atoms with Crippen LogP contribution in [0.25, 0.3) is 0 Å². The van der Waals surface area contributed by atoms with Gasteiger partial charge in [-0.1, -0.05) is 6.08 Å². The molecule has 1 aromatic rings. The van der Waals surface area contributed by atoms with Gasteiger partial charge in [-0.2, -0.15) is 0 Å². The molecule has 1 aromatic carbocycles. The van der Waals surface area contributed by atoms with Crippen molar-refractivity contribution in [3.8, 4) is 5.75 Å². The number of hydrogen-bond acceptors (Lipinski definition) is 4. The van der Waals surface area contributed by atoms with Gasteiger partial charge in [0.2, 0.25) is 0 Å². The molecule has 21 heavy (non-hydrogen) atoms. The zero-order valence-electron chi connectivity index (χ0n) is 11.9. The summed E-state index contributed by atoms with van der Waals surface area (Å²) in [7, 11) is 0. The van der Waals surface area contributed by atoms with Gasteiger partial charge in [-0.15, -0.1) is 6.58 Å². The lowest BCUT2D eigenvalue weighted by Gasteiger charge is -2.20. The van der Waals surface area contributed by atoms with Crippen molar-refractivity contribution in [2.75, 3.05) is 26.3 Å². The Kier molecular flexibility index (Phi) is 6.94. The molecule has 0 N–H and O–H groups in total. The van der Waals surface area contributed by atoms with E-state index in [9.17, 15) is 14.0 Å². The molecule has 1 amide bonds. The maximum absolute atomic E-state index is 12.7. The summed E-state index contributed by atoms with van der Waals surface area (Å²) in [6.45, 7) is 5.28. The first-order valence-corrected chi connectivity index (χ1v) is 6.49. The fourth-order valence-corrected chi connectivity index (χ4v) is 1.54. The number of carbonyl (C=O) groups excluding carboxylic acids is 2. The molecule has 6 heteroatoms. The van der Waals surface area contributed by atoms with Crippen LogP contribution in [0, 0.1) is 5.82 Å². The lowest BCUT2D eigenvalue weighted by molar-refractivity contribution is -0.149. The molecule has 0 bridgehead atoms. The van der Waals surface area contributed by atoms with E-state index in [1.54, 1.807) is 6.92 Å². The Morgan fingerprint density at radius 1 is 1.33 bits per heavy atom. The zero-order valence-corrected chi connectivity index (χ0v) is 11.9. The van der Waals surface area contributed by atoms with Gasteiger partial charge in [0.05, 0.1) is 6.61 Å². The zero-order chi connectivity index (χ0) is 15.7. The van der Waals surface area contributed by atoms with Crippen molar-refractivity contribution in [3.05, 3.63) is 42.7 Å². The predicted octanol–water partition coefficient (Wildman–Crippen LogP) is 1.78. The summed E-state index contributed by atoms with van der Waals surface area (Å²) in [5.41, 5.74) is 0. The van der Waals surface area contributed by atoms with E-state index in [2.05, 4.69) is 6.58 Å². The molecule has 0 spiro atoms. The van der Waals surface area contributed by atoms with Crippen LogP contribution in [-0.2, 0) is 14.3 Å². The van der Waals surface area contributed by atoms with E-state index in [0.717, 1.165) is 0 Å². The lowest BCUT2D eigenvalue weighted by Crippen LogP contribution is -2.39. The van der Waals surface area contributed by atoms with Crippen LogP contribution in [0.4, 0.5) is 4.39 Å². The molecule has 0 saturated carbocycles. The highest BCUT2D eigenvalue weighted by molar-refractivity contribution is 5.83. The Bertz CT molecular complexity index is 487. The van der Waals surface area contributed by atoms with Crippen LogP contribution in [0.2, 0.25) is 0 Å². The Hall–Kier alpha value is -2.37. The van der Waals surface area contributed by atoms with E-state index in [0.29, 0.717) is 5.75 Å². The van der Waals surface area contributed by atoms with E-state index in [4.69, 9.17) is 9.47 Å². The minimum atomic E-state index is -0.491. The van der Waals surface area contributed by atoms with Gasteiger partial charge in [0.15, 0.2) is 6.61 Å². The molecular weight excluding hydrogens is 277 g/mol. The third-order valence-corrected chi connectivity index (χ3v) is 2.50. The van der Waals surface area contributed by atoms with Crippen molar-refractivity contribution in [2.24, 2.45) is 0 Å². The van der Waals surface area contributed by atoms with Crippen molar-refractivity contribution in [3.63, 3.8) is 0 Å². The van der Waals surface area contributed by atoms with Gasteiger partial charge in [-0.05, 0) is 31.2 Å². The van der Waals surface area contributed by atoms with E-state index >= 15 is 0 Å². The Morgan fingerprint density at radius 3 is 2.57 bits per heavy atom. The molecule has 0 fully saturated rings. The molecule has 1 rings (SSSR count). The van der Waals surface area contributed by atoms with Crippen molar-refractivity contribution in [2.45, 2.75) is 6.92 Å². The highest BCUT2D eigenvalue weighted by Crippen LogP contribution is 2.11. The van der Waals surface area contributed by atoms with Crippen LogP contribution >= 0.6 is 0 Å². The Labute approximate surface area is 123 Å². The third-order valence-electron chi connectivity index (χ3n) is 2.50. The second-order valence-electron chi connectivity index (χ2n) is 4.11. The number of hydrogen-bond donors (Lipinski definition) is 0.